The average Bonchev–Trinajstić information content (AvgIpc) is 2.95. The Morgan fingerprint density at radius 1 is 0.756 bits per heavy atom. The molecule has 0 saturated heterocycles. The third kappa shape index (κ3) is 8.40. The summed E-state index contributed by atoms with van der Waals surface area (Å²) in [6.45, 7) is 0.499. The van der Waals surface area contributed by atoms with E-state index in [9.17, 15) is 31.1 Å². The Kier molecular flexibility index (Phi) is 9.44. The molecule has 1 unspecified atom stereocenters. The van der Waals surface area contributed by atoms with Crippen LogP contribution in [0.5, 0.6) is 0 Å². The predicted octanol–water partition coefficient (Wildman–Crippen LogP) is 6.79. The highest BCUT2D eigenvalue weighted by Crippen LogP contribution is 2.40. The Balaban J connectivity index is 1.39. The van der Waals surface area contributed by atoms with Gasteiger partial charge in [-0.2, -0.15) is 26.3 Å². The number of nitrogens with zero attached hydrogens (tertiary/aromatic N) is 1. The lowest BCUT2D eigenvalue weighted by Gasteiger charge is -2.19. The van der Waals surface area contributed by atoms with Crippen LogP contribution in [0, 0.1) is 0 Å². The van der Waals surface area contributed by atoms with Gasteiger partial charge in [-0.1, -0.05) is 66.7 Å². The van der Waals surface area contributed by atoms with E-state index in [0.717, 1.165) is 17.2 Å². The third-order valence-electron chi connectivity index (χ3n) is 6.42. The quantitative estimate of drug-likeness (QED) is 0.168. The van der Waals surface area contributed by atoms with Gasteiger partial charge in [0.05, 0.1) is 29.9 Å². The first-order valence-electron chi connectivity index (χ1n) is 12.7. The number of halogens is 6. The number of nitrogens with one attached hydrogen (secondary N) is 1. The fourth-order valence-corrected chi connectivity index (χ4v) is 4.31. The van der Waals surface area contributed by atoms with Crippen LogP contribution in [-0.2, 0) is 30.2 Å². The van der Waals surface area contributed by atoms with Crippen molar-refractivity contribution in [2.75, 3.05) is 13.2 Å². The van der Waals surface area contributed by atoms with E-state index < -0.39 is 23.5 Å². The minimum absolute atomic E-state index is 0.0124. The summed E-state index contributed by atoms with van der Waals surface area (Å²) in [6.07, 6.45) is -6.70. The molecule has 0 saturated carbocycles. The Morgan fingerprint density at radius 3 is 1.98 bits per heavy atom. The van der Waals surface area contributed by atoms with Crippen molar-refractivity contribution in [2.24, 2.45) is 0 Å². The largest absolute Gasteiger partial charge is 0.417 e. The van der Waals surface area contributed by atoms with Crippen LogP contribution in [0.25, 0.3) is 0 Å². The van der Waals surface area contributed by atoms with Crippen LogP contribution in [0.15, 0.2) is 103 Å². The highest BCUT2D eigenvalue weighted by Gasteiger charge is 2.43. The van der Waals surface area contributed by atoms with E-state index in [1.54, 1.807) is 36.7 Å². The summed E-state index contributed by atoms with van der Waals surface area (Å²) in [4.78, 5) is 12.8. The second-order valence-corrected chi connectivity index (χ2v) is 9.45. The molecule has 0 aliphatic carbocycles. The minimum atomic E-state index is -5.17. The smallest absolute Gasteiger partial charge is 0.376 e. The van der Waals surface area contributed by atoms with Crippen molar-refractivity contribution in [2.45, 2.75) is 31.4 Å². The Bertz CT molecular complexity index is 1420. The molecular weight excluding hydrogens is 546 g/mol. The molecule has 0 aliphatic heterocycles. The Labute approximate surface area is 233 Å². The van der Waals surface area contributed by atoms with Crippen LogP contribution in [0.4, 0.5) is 26.3 Å². The number of rotatable bonds is 10. The van der Waals surface area contributed by atoms with Crippen LogP contribution in [0.2, 0.25) is 0 Å². The normalized spacial score (nSPS) is 12.6. The topological polar surface area (TPSA) is 42.2 Å². The van der Waals surface area contributed by atoms with Gasteiger partial charge in [0.1, 0.15) is 0 Å². The molecule has 1 heterocycles. The molecule has 4 rings (SSSR count). The number of alkyl halides is 6. The lowest BCUT2D eigenvalue weighted by molar-refractivity contribution is -0.688. The van der Waals surface area contributed by atoms with E-state index in [2.05, 4.69) is 5.32 Å². The molecule has 0 bridgehead atoms. The van der Waals surface area contributed by atoms with E-state index in [1.165, 1.54) is 0 Å². The molecule has 0 aliphatic rings. The molecule has 1 amide bonds. The molecule has 10 heteroatoms. The summed E-state index contributed by atoms with van der Waals surface area (Å²) in [7, 11) is 0. The number of pyridine rings is 1. The third-order valence-corrected chi connectivity index (χ3v) is 6.42. The number of benzene rings is 3. The summed E-state index contributed by atoms with van der Waals surface area (Å²) in [5, 5.41) is 2.87. The molecule has 0 spiro atoms. The molecule has 214 valence electrons. The number of carbonyl (C=O) groups excluding carboxylic acids is 1. The molecule has 1 aromatic heterocycles. The number of ether oxygens (including phenoxy) is 1. The van der Waals surface area contributed by atoms with Crippen molar-refractivity contribution in [3.63, 3.8) is 0 Å². The monoisotopic (exact) mass is 573 g/mol. The van der Waals surface area contributed by atoms with Crippen molar-refractivity contribution in [1.29, 1.82) is 0 Å². The van der Waals surface area contributed by atoms with Gasteiger partial charge in [0.15, 0.2) is 18.9 Å². The zero-order valence-electron chi connectivity index (χ0n) is 21.8. The minimum Gasteiger partial charge on any atom is -0.376 e. The fourth-order valence-electron chi connectivity index (χ4n) is 4.31. The highest BCUT2D eigenvalue weighted by atomic mass is 19.4. The van der Waals surface area contributed by atoms with Gasteiger partial charge in [0, 0.05) is 30.2 Å². The lowest BCUT2D eigenvalue weighted by atomic mass is 9.99. The molecule has 4 aromatic rings. The van der Waals surface area contributed by atoms with E-state index >= 15 is 0 Å². The van der Waals surface area contributed by atoms with E-state index in [4.69, 9.17) is 4.74 Å². The summed E-state index contributed by atoms with van der Waals surface area (Å²) < 4.78 is 86.6. The van der Waals surface area contributed by atoms with Gasteiger partial charge < -0.3 is 10.1 Å². The van der Waals surface area contributed by atoms with E-state index in [0.29, 0.717) is 24.2 Å². The first kappa shape index (κ1) is 29.8. The molecule has 41 heavy (non-hydrogen) atoms. The average molecular weight is 574 g/mol. The van der Waals surface area contributed by atoms with E-state index in [1.807, 2.05) is 53.1 Å². The van der Waals surface area contributed by atoms with Crippen molar-refractivity contribution in [3.05, 3.63) is 137 Å². The van der Waals surface area contributed by atoms with Gasteiger partial charge in [-0.3, -0.25) is 4.79 Å². The van der Waals surface area contributed by atoms with Gasteiger partial charge in [0.2, 0.25) is 0 Å². The van der Waals surface area contributed by atoms with Crippen LogP contribution in [0.1, 0.15) is 44.1 Å². The van der Waals surface area contributed by atoms with E-state index in [-0.39, 0.29) is 37.1 Å². The zero-order chi connectivity index (χ0) is 29.5. The maximum Gasteiger partial charge on any atom is 0.417 e. The zero-order valence-corrected chi connectivity index (χ0v) is 21.8. The SMILES string of the molecule is O=C(NCC(COCc1ccc(C(F)(F)F)c(C(F)(F)F)c1)c1ccccc1)c1cc[n+](Cc2ccccc2)cc1. The number of hydrogen-bond donors (Lipinski definition) is 1. The number of hydrogen-bond acceptors (Lipinski definition) is 2. The maximum atomic E-state index is 13.3. The van der Waals surface area contributed by atoms with Crippen LogP contribution in [-0.4, -0.2) is 19.1 Å². The second-order valence-electron chi connectivity index (χ2n) is 9.45. The van der Waals surface area contributed by atoms with Crippen molar-refractivity contribution in [3.8, 4) is 0 Å². The van der Waals surface area contributed by atoms with Gasteiger partial charge in [0.25, 0.3) is 5.91 Å². The first-order chi connectivity index (χ1) is 19.5. The molecule has 3 aromatic carbocycles. The van der Waals surface area contributed by atoms with Crippen LogP contribution in [0.3, 0.4) is 0 Å². The van der Waals surface area contributed by atoms with Gasteiger partial charge in [-0.15, -0.1) is 0 Å². The van der Waals surface area contributed by atoms with Crippen molar-refractivity contribution < 1.29 is 40.4 Å². The molecule has 4 nitrogen and oxygen atoms in total. The Hall–Kier alpha value is -4.18. The molecule has 0 fully saturated rings. The molecule has 0 radical (unpaired) electrons. The van der Waals surface area contributed by atoms with Crippen LogP contribution < -0.4 is 9.88 Å². The van der Waals surface area contributed by atoms with Gasteiger partial charge in [-0.05, 0) is 23.3 Å². The standard InChI is InChI=1S/C31H26F6N2O2/c32-30(33,34)27-12-11-23(17-28(27)31(35,36)37)20-41-21-26(24-9-5-2-6-10-24)18-38-29(40)25-13-15-39(16-14-25)19-22-7-3-1-4-8-22/h1-17,26H,18-21H2/p+1. The van der Waals surface area contributed by atoms with Gasteiger partial charge in [-0.25, -0.2) is 4.57 Å². The second kappa shape index (κ2) is 13.0. The number of amides is 1. The van der Waals surface area contributed by atoms with Crippen LogP contribution >= 0.6 is 0 Å². The summed E-state index contributed by atoms with van der Waals surface area (Å²) in [6, 6.07) is 24.2. The fraction of sp³-hybridized carbons (Fsp3) is 0.226. The predicted molar refractivity (Wildman–Crippen MR) is 140 cm³/mol. The summed E-state index contributed by atoms with van der Waals surface area (Å²) in [5.74, 6) is -0.668. The first-order valence-corrected chi connectivity index (χ1v) is 12.7. The number of carbonyl (C=O) groups is 1. The van der Waals surface area contributed by atoms with Gasteiger partial charge >= 0.3 is 12.4 Å². The summed E-state index contributed by atoms with van der Waals surface area (Å²) in [5.41, 5.74) is -1.16. The van der Waals surface area contributed by atoms with Crippen molar-refractivity contribution in [1.82, 2.24) is 5.32 Å². The molecule has 1 N–H and O–H groups in total. The Morgan fingerprint density at radius 2 is 1.37 bits per heavy atom. The number of aromatic nitrogens is 1. The maximum absolute atomic E-state index is 13.3. The highest BCUT2D eigenvalue weighted by molar-refractivity contribution is 5.93. The molecular formula is C31H27F6N2O2+. The molecule has 1 atom stereocenters. The van der Waals surface area contributed by atoms with Crippen molar-refractivity contribution >= 4 is 5.91 Å². The lowest BCUT2D eigenvalue weighted by Crippen LogP contribution is -2.35. The summed E-state index contributed by atoms with van der Waals surface area (Å²) >= 11 is 0.